The fourth-order valence-electron chi connectivity index (χ4n) is 2.42. The number of nitrogens with zero attached hydrogens (tertiary/aromatic N) is 2. The van der Waals surface area contributed by atoms with Crippen molar-refractivity contribution in [3.05, 3.63) is 29.8 Å². The molecule has 1 heterocycles. The van der Waals surface area contributed by atoms with E-state index in [4.69, 9.17) is 0 Å². The van der Waals surface area contributed by atoms with Crippen LogP contribution in [-0.4, -0.2) is 32.0 Å². The van der Waals surface area contributed by atoms with Crippen molar-refractivity contribution in [2.75, 3.05) is 25.0 Å². The van der Waals surface area contributed by atoms with Crippen molar-refractivity contribution in [2.45, 2.75) is 33.2 Å². The molecule has 1 aliphatic rings. The summed E-state index contributed by atoms with van der Waals surface area (Å²) < 4.78 is 0. The topological polar surface area (TPSA) is 56.7 Å². The van der Waals surface area contributed by atoms with Gasteiger partial charge in [0.2, 0.25) is 5.91 Å². The van der Waals surface area contributed by atoms with Crippen molar-refractivity contribution in [1.82, 2.24) is 10.6 Å². The fourth-order valence-corrected chi connectivity index (χ4v) is 2.42. The summed E-state index contributed by atoms with van der Waals surface area (Å²) in [6, 6.07) is 8.16. The van der Waals surface area contributed by atoms with E-state index in [9.17, 15) is 4.79 Å². The normalized spacial score (nSPS) is 14.9. The Bertz CT molecular complexity index is 528. The molecule has 2 N–H and O–H groups in total. The number of rotatable bonds is 5. The minimum absolute atomic E-state index is 0. The van der Waals surface area contributed by atoms with Crippen LogP contribution < -0.4 is 15.5 Å². The van der Waals surface area contributed by atoms with Gasteiger partial charge in [-0.1, -0.05) is 26.0 Å². The molecule has 0 bridgehead atoms. The summed E-state index contributed by atoms with van der Waals surface area (Å²) in [6.07, 6.45) is 1.63. The molecule has 1 saturated heterocycles. The molecule has 0 atom stereocenters. The second kappa shape index (κ2) is 9.75. The van der Waals surface area contributed by atoms with E-state index >= 15 is 0 Å². The number of benzene rings is 1. The lowest BCUT2D eigenvalue weighted by atomic mass is 10.2. The SMILES string of the molecule is CN=C(NCc1ccc(N2CCCC2=O)cc1)NCC(C)C.I. The van der Waals surface area contributed by atoms with Crippen LogP contribution in [0.15, 0.2) is 29.3 Å². The molecule has 1 aromatic rings. The van der Waals surface area contributed by atoms with Crippen LogP contribution in [0.3, 0.4) is 0 Å². The van der Waals surface area contributed by atoms with E-state index in [0.717, 1.165) is 31.2 Å². The highest BCUT2D eigenvalue weighted by molar-refractivity contribution is 14.0. The highest BCUT2D eigenvalue weighted by Gasteiger charge is 2.21. The molecule has 23 heavy (non-hydrogen) atoms. The van der Waals surface area contributed by atoms with E-state index in [1.54, 1.807) is 7.05 Å². The van der Waals surface area contributed by atoms with Crippen LogP contribution in [0.4, 0.5) is 5.69 Å². The number of anilines is 1. The molecule has 0 radical (unpaired) electrons. The van der Waals surface area contributed by atoms with Gasteiger partial charge >= 0.3 is 0 Å². The number of carbonyl (C=O) groups is 1. The summed E-state index contributed by atoms with van der Waals surface area (Å²) in [4.78, 5) is 17.8. The number of hydrogen-bond acceptors (Lipinski definition) is 2. The Labute approximate surface area is 156 Å². The Morgan fingerprint density at radius 1 is 1.26 bits per heavy atom. The van der Waals surface area contributed by atoms with Crippen molar-refractivity contribution in [2.24, 2.45) is 10.9 Å². The first-order valence-electron chi connectivity index (χ1n) is 7.94. The molecule has 128 valence electrons. The number of hydrogen-bond donors (Lipinski definition) is 2. The lowest BCUT2D eigenvalue weighted by molar-refractivity contribution is -0.117. The van der Waals surface area contributed by atoms with Gasteiger partial charge in [-0.3, -0.25) is 9.79 Å². The zero-order valence-corrected chi connectivity index (χ0v) is 16.5. The van der Waals surface area contributed by atoms with Crippen LogP contribution in [0.25, 0.3) is 0 Å². The van der Waals surface area contributed by atoms with Crippen LogP contribution in [0.1, 0.15) is 32.3 Å². The number of halogens is 1. The molecule has 5 nitrogen and oxygen atoms in total. The molecule has 1 amide bonds. The van der Waals surface area contributed by atoms with Gasteiger partial charge < -0.3 is 15.5 Å². The van der Waals surface area contributed by atoms with Crippen molar-refractivity contribution >= 4 is 41.5 Å². The van der Waals surface area contributed by atoms with Crippen LogP contribution >= 0.6 is 24.0 Å². The minimum Gasteiger partial charge on any atom is -0.356 e. The number of carbonyl (C=O) groups excluding carboxylic acids is 1. The molecule has 1 aliphatic heterocycles. The molecule has 0 saturated carbocycles. The van der Waals surface area contributed by atoms with E-state index in [0.29, 0.717) is 18.9 Å². The lowest BCUT2D eigenvalue weighted by Crippen LogP contribution is -2.38. The summed E-state index contributed by atoms with van der Waals surface area (Å²) in [7, 11) is 1.78. The quantitative estimate of drug-likeness (QED) is 0.429. The monoisotopic (exact) mass is 430 g/mol. The molecule has 2 rings (SSSR count). The summed E-state index contributed by atoms with van der Waals surface area (Å²) in [5.41, 5.74) is 2.16. The summed E-state index contributed by atoms with van der Waals surface area (Å²) >= 11 is 0. The predicted octanol–water partition coefficient (Wildman–Crippen LogP) is 2.75. The zero-order chi connectivity index (χ0) is 15.9. The van der Waals surface area contributed by atoms with Gasteiger partial charge in [-0.25, -0.2) is 0 Å². The zero-order valence-electron chi connectivity index (χ0n) is 14.1. The second-order valence-electron chi connectivity index (χ2n) is 6.02. The van der Waals surface area contributed by atoms with Crippen molar-refractivity contribution < 1.29 is 4.79 Å². The third kappa shape index (κ3) is 6.01. The number of guanidine groups is 1. The van der Waals surface area contributed by atoms with Gasteiger partial charge in [0.15, 0.2) is 5.96 Å². The minimum atomic E-state index is 0. The molecular weight excluding hydrogens is 403 g/mol. The molecule has 1 fully saturated rings. The van der Waals surface area contributed by atoms with E-state index in [2.05, 4.69) is 41.6 Å². The Morgan fingerprint density at radius 2 is 1.96 bits per heavy atom. The molecule has 0 aliphatic carbocycles. The molecule has 0 aromatic heterocycles. The first kappa shape index (κ1) is 19.7. The first-order valence-corrected chi connectivity index (χ1v) is 7.94. The molecule has 6 heteroatoms. The average Bonchev–Trinajstić information content (AvgIpc) is 2.94. The van der Waals surface area contributed by atoms with Crippen LogP contribution in [-0.2, 0) is 11.3 Å². The van der Waals surface area contributed by atoms with E-state index in [-0.39, 0.29) is 29.9 Å². The van der Waals surface area contributed by atoms with Gasteiger partial charge in [0.25, 0.3) is 0 Å². The van der Waals surface area contributed by atoms with Gasteiger partial charge in [-0.15, -0.1) is 24.0 Å². The molecular formula is C17H27IN4O. The summed E-state index contributed by atoms with van der Waals surface area (Å²) in [6.45, 7) is 6.78. The van der Waals surface area contributed by atoms with Gasteiger partial charge in [-0.2, -0.15) is 0 Å². The lowest BCUT2D eigenvalue weighted by Gasteiger charge is -2.16. The summed E-state index contributed by atoms with van der Waals surface area (Å²) in [5.74, 6) is 1.62. The van der Waals surface area contributed by atoms with Crippen LogP contribution in [0.2, 0.25) is 0 Å². The van der Waals surface area contributed by atoms with Crippen molar-refractivity contribution in [1.29, 1.82) is 0 Å². The van der Waals surface area contributed by atoms with Gasteiger partial charge in [0.05, 0.1) is 0 Å². The van der Waals surface area contributed by atoms with E-state index < -0.39 is 0 Å². The maximum atomic E-state index is 11.7. The average molecular weight is 430 g/mol. The smallest absolute Gasteiger partial charge is 0.227 e. The molecule has 0 spiro atoms. The number of nitrogens with one attached hydrogen (secondary N) is 2. The van der Waals surface area contributed by atoms with Crippen LogP contribution in [0, 0.1) is 5.92 Å². The van der Waals surface area contributed by atoms with Gasteiger partial charge in [0.1, 0.15) is 0 Å². The maximum Gasteiger partial charge on any atom is 0.227 e. The summed E-state index contributed by atoms with van der Waals surface area (Å²) in [5, 5.41) is 6.58. The van der Waals surface area contributed by atoms with E-state index in [1.807, 2.05) is 17.0 Å². The number of amides is 1. The Morgan fingerprint density at radius 3 is 2.48 bits per heavy atom. The van der Waals surface area contributed by atoms with Gasteiger partial charge in [-0.05, 0) is 30.0 Å². The third-order valence-corrected chi connectivity index (χ3v) is 3.68. The third-order valence-electron chi connectivity index (χ3n) is 3.68. The Kier molecular flexibility index (Phi) is 8.36. The second-order valence-corrected chi connectivity index (χ2v) is 6.02. The predicted molar refractivity (Wildman–Crippen MR) is 106 cm³/mol. The number of aliphatic imine (C=N–C) groups is 1. The van der Waals surface area contributed by atoms with Crippen molar-refractivity contribution in [3.63, 3.8) is 0 Å². The Balaban J connectivity index is 0.00000264. The van der Waals surface area contributed by atoms with Crippen LogP contribution in [0.5, 0.6) is 0 Å². The largest absolute Gasteiger partial charge is 0.356 e. The first-order chi connectivity index (χ1) is 10.6. The highest BCUT2D eigenvalue weighted by Crippen LogP contribution is 2.21. The molecule has 0 unspecified atom stereocenters. The highest BCUT2D eigenvalue weighted by atomic mass is 127. The fraction of sp³-hybridized carbons (Fsp3) is 0.529. The van der Waals surface area contributed by atoms with E-state index in [1.165, 1.54) is 5.56 Å². The maximum absolute atomic E-state index is 11.7. The van der Waals surface area contributed by atoms with Crippen molar-refractivity contribution in [3.8, 4) is 0 Å². The Hall–Kier alpha value is -1.31. The molecule has 1 aromatic carbocycles. The van der Waals surface area contributed by atoms with Gasteiger partial charge in [0, 0.05) is 38.8 Å². The standard InChI is InChI=1S/C17H26N4O.HI/c1-13(2)11-19-17(18-3)20-12-14-6-8-15(9-7-14)21-10-4-5-16(21)22;/h6-9,13H,4-5,10-12H2,1-3H3,(H2,18,19,20);1H.